The first-order valence-corrected chi connectivity index (χ1v) is 6.70. The Hall–Kier alpha value is -1.62. The second-order valence-electron chi connectivity index (χ2n) is 5.12. The van der Waals surface area contributed by atoms with E-state index in [1.165, 1.54) is 31.4 Å². The van der Waals surface area contributed by atoms with Gasteiger partial charge < -0.3 is 14.6 Å². The van der Waals surface area contributed by atoms with Gasteiger partial charge in [0.1, 0.15) is 5.82 Å². The monoisotopic (exact) mass is 263 g/mol. The summed E-state index contributed by atoms with van der Waals surface area (Å²) >= 11 is 0. The van der Waals surface area contributed by atoms with Gasteiger partial charge in [-0.25, -0.2) is 9.37 Å². The second kappa shape index (κ2) is 4.81. The molecule has 0 aliphatic heterocycles. The zero-order valence-corrected chi connectivity index (χ0v) is 11.0. The van der Waals surface area contributed by atoms with Crippen molar-refractivity contribution in [3.05, 3.63) is 24.0 Å². The molecule has 0 amide bonds. The molecule has 0 spiro atoms. The molecule has 0 saturated heterocycles. The maximum absolute atomic E-state index is 13.3. The molecule has 2 aromatic rings. The van der Waals surface area contributed by atoms with Crippen molar-refractivity contribution in [2.24, 2.45) is 0 Å². The number of fused-ring (bicyclic) bond motifs is 1. The average molecular weight is 263 g/mol. The Kier molecular flexibility index (Phi) is 3.14. The highest BCUT2D eigenvalue weighted by Gasteiger charge is 2.26. The molecule has 19 heavy (non-hydrogen) atoms. The molecular weight excluding hydrogens is 245 g/mol. The summed E-state index contributed by atoms with van der Waals surface area (Å²) in [7, 11) is 2.02. The summed E-state index contributed by atoms with van der Waals surface area (Å²) in [6.07, 6.45) is 3.60. The smallest absolute Gasteiger partial charge is 0.206 e. The zero-order valence-electron chi connectivity index (χ0n) is 11.0. The predicted molar refractivity (Wildman–Crippen MR) is 72.8 cm³/mol. The fraction of sp³-hybridized carbons (Fsp3) is 0.500. The Labute approximate surface area is 111 Å². The lowest BCUT2D eigenvalue weighted by molar-refractivity contribution is 0.277. The Morgan fingerprint density at radius 3 is 2.89 bits per heavy atom. The molecule has 4 nitrogen and oxygen atoms in total. The van der Waals surface area contributed by atoms with Gasteiger partial charge >= 0.3 is 0 Å². The SMILES string of the molecule is CN(c1nc2cc(F)ccc2n1CCO)C1CCC1. The highest BCUT2D eigenvalue weighted by atomic mass is 19.1. The van der Waals surface area contributed by atoms with Crippen molar-refractivity contribution in [3.8, 4) is 0 Å². The van der Waals surface area contributed by atoms with Gasteiger partial charge in [0, 0.05) is 25.7 Å². The minimum atomic E-state index is -0.279. The van der Waals surface area contributed by atoms with Crippen LogP contribution in [0.4, 0.5) is 10.3 Å². The van der Waals surface area contributed by atoms with E-state index < -0.39 is 0 Å². The Morgan fingerprint density at radius 2 is 2.26 bits per heavy atom. The van der Waals surface area contributed by atoms with Crippen molar-refractivity contribution in [1.29, 1.82) is 0 Å². The Balaban J connectivity index is 2.08. The first-order chi connectivity index (χ1) is 9.20. The number of aromatic nitrogens is 2. The van der Waals surface area contributed by atoms with E-state index in [9.17, 15) is 9.50 Å². The molecule has 0 bridgehead atoms. The molecular formula is C14H18FN3O. The van der Waals surface area contributed by atoms with Crippen molar-refractivity contribution in [1.82, 2.24) is 9.55 Å². The highest BCUT2D eigenvalue weighted by molar-refractivity contribution is 5.79. The molecule has 3 rings (SSSR count). The fourth-order valence-corrected chi connectivity index (χ4v) is 2.62. The molecule has 0 atom stereocenters. The molecule has 1 aromatic carbocycles. The largest absolute Gasteiger partial charge is 0.395 e. The van der Waals surface area contributed by atoms with Crippen LogP contribution in [0, 0.1) is 5.82 Å². The summed E-state index contributed by atoms with van der Waals surface area (Å²) in [5, 5.41) is 9.23. The van der Waals surface area contributed by atoms with Crippen LogP contribution in [0.15, 0.2) is 18.2 Å². The summed E-state index contributed by atoms with van der Waals surface area (Å²) in [5.74, 6) is 0.540. The van der Waals surface area contributed by atoms with Gasteiger partial charge in [-0.15, -0.1) is 0 Å². The number of rotatable bonds is 4. The lowest BCUT2D eigenvalue weighted by atomic mass is 9.92. The summed E-state index contributed by atoms with van der Waals surface area (Å²) in [5.41, 5.74) is 1.52. The number of imidazole rings is 1. The van der Waals surface area contributed by atoms with Crippen LogP contribution in [0.5, 0.6) is 0 Å². The van der Waals surface area contributed by atoms with Gasteiger partial charge in [-0.3, -0.25) is 0 Å². The van der Waals surface area contributed by atoms with E-state index in [-0.39, 0.29) is 12.4 Å². The topological polar surface area (TPSA) is 41.3 Å². The van der Waals surface area contributed by atoms with Gasteiger partial charge in [-0.05, 0) is 31.4 Å². The first-order valence-electron chi connectivity index (χ1n) is 6.70. The normalized spacial score (nSPS) is 15.7. The van der Waals surface area contributed by atoms with Crippen molar-refractivity contribution < 1.29 is 9.50 Å². The van der Waals surface area contributed by atoms with Gasteiger partial charge in [0.15, 0.2) is 0 Å². The molecule has 1 aliphatic rings. The first kappa shape index (κ1) is 12.4. The molecule has 1 N–H and O–H groups in total. The number of benzene rings is 1. The van der Waals surface area contributed by atoms with E-state index in [1.54, 1.807) is 6.07 Å². The minimum Gasteiger partial charge on any atom is -0.395 e. The van der Waals surface area contributed by atoms with Crippen LogP contribution in [0.25, 0.3) is 11.0 Å². The third kappa shape index (κ3) is 2.08. The van der Waals surface area contributed by atoms with Crippen molar-refractivity contribution in [2.45, 2.75) is 31.8 Å². The van der Waals surface area contributed by atoms with Crippen LogP contribution in [0.2, 0.25) is 0 Å². The molecule has 102 valence electrons. The zero-order chi connectivity index (χ0) is 13.4. The number of hydrogen-bond acceptors (Lipinski definition) is 3. The van der Waals surface area contributed by atoms with Crippen LogP contribution in [0.1, 0.15) is 19.3 Å². The minimum absolute atomic E-state index is 0.0499. The summed E-state index contributed by atoms with van der Waals surface area (Å²) < 4.78 is 15.3. The second-order valence-corrected chi connectivity index (χ2v) is 5.12. The molecule has 1 fully saturated rings. The number of nitrogens with zero attached hydrogens (tertiary/aromatic N) is 3. The van der Waals surface area contributed by atoms with Crippen molar-refractivity contribution in [2.75, 3.05) is 18.6 Å². The van der Waals surface area contributed by atoms with Crippen LogP contribution in [-0.4, -0.2) is 34.4 Å². The van der Waals surface area contributed by atoms with Crippen molar-refractivity contribution >= 4 is 17.0 Å². The average Bonchev–Trinajstić information content (AvgIpc) is 2.65. The van der Waals surface area contributed by atoms with E-state index in [0.717, 1.165) is 11.5 Å². The predicted octanol–water partition coefficient (Wildman–Crippen LogP) is 2.16. The van der Waals surface area contributed by atoms with E-state index in [0.29, 0.717) is 18.1 Å². The molecule has 5 heteroatoms. The lowest BCUT2D eigenvalue weighted by Gasteiger charge is -2.35. The molecule has 1 saturated carbocycles. The van der Waals surface area contributed by atoms with E-state index in [1.807, 2.05) is 11.6 Å². The Morgan fingerprint density at radius 1 is 1.47 bits per heavy atom. The third-order valence-electron chi connectivity index (χ3n) is 3.95. The van der Waals surface area contributed by atoms with Crippen LogP contribution in [-0.2, 0) is 6.54 Å². The van der Waals surface area contributed by atoms with Gasteiger partial charge in [0.25, 0.3) is 0 Å². The Bertz CT molecular complexity index is 592. The number of aliphatic hydroxyl groups is 1. The molecule has 0 radical (unpaired) electrons. The number of anilines is 1. The molecule has 0 unspecified atom stereocenters. The van der Waals surface area contributed by atoms with Crippen LogP contribution < -0.4 is 4.90 Å². The number of aliphatic hydroxyl groups excluding tert-OH is 1. The molecule has 1 aliphatic carbocycles. The van der Waals surface area contributed by atoms with Gasteiger partial charge in [0.2, 0.25) is 5.95 Å². The standard InChI is InChI=1S/C14H18FN3O/c1-17(11-3-2-4-11)14-16-12-9-10(15)5-6-13(12)18(14)7-8-19/h5-6,9,11,19H,2-4,7-8H2,1H3. The number of halogens is 1. The summed E-state index contributed by atoms with van der Waals surface area (Å²) in [6, 6.07) is 5.12. The maximum atomic E-state index is 13.3. The van der Waals surface area contributed by atoms with E-state index in [4.69, 9.17) is 0 Å². The van der Waals surface area contributed by atoms with E-state index >= 15 is 0 Å². The number of hydrogen-bond donors (Lipinski definition) is 1. The highest BCUT2D eigenvalue weighted by Crippen LogP contribution is 2.30. The quantitative estimate of drug-likeness (QED) is 0.919. The van der Waals surface area contributed by atoms with Gasteiger partial charge in [-0.1, -0.05) is 0 Å². The molecule has 1 aromatic heterocycles. The van der Waals surface area contributed by atoms with Crippen molar-refractivity contribution in [3.63, 3.8) is 0 Å². The summed E-state index contributed by atoms with van der Waals surface area (Å²) in [6.45, 7) is 0.531. The van der Waals surface area contributed by atoms with Crippen LogP contribution in [0.3, 0.4) is 0 Å². The van der Waals surface area contributed by atoms with Crippen LogP contribution >= 0.6 is 0 Å². The van der Waals surface area contributed by atoms with Gasteiger partial charge in [0.05, 0.1) is 17.6 Å². The third-order valence-corrected chi connectivity index (χ3v) is 3.95. The molecule has 1 heterocycles. The maximum Gasteiger partial charge on any atom is 0.206 e. The lowest BCUT2D eigenvalue weighted by Crippen LogP contribution is -2.38. The fourth-order valence-electron chi connectivity index (χ4n) is 2.62. The van der Waals surface area contributed by atoms with E-state index in [2.05, 4.69) is 9.88 Å². The van der Waals surface area contributed by atoms with Gasteiger partial charge in [-0.2, -0.15) is 0 Å². The summed E-state index contributed by atoms with van der Waals surface area (Å²) in [4.78, 5) is 6.68.